The van der Waals surface area contributed by atoms with Crippen molar-refractivity contribution >= 4 is 0 Å². The Morgan fingerprint density at radius 3 is 2.89 bits per heavy atom. The number of hydrogen-bond donors (Lipinski definition) is 0. The first-order valence-corrected chi connectivity index (χ1v) is 6.49. The molecule has 0 saturated carbocycles. The summed E-state index contributed by atoms with van der Waals surface area (Å²) in [7, 11) is 0. The molecular formula is C14H17FO4. The van der Waals surface area contributed by atoms with Gasteiger partial charge in [-0.15, -0.1) is 0 Å². The van der Waals surface area contributed by atoms with Gasteiger partial charge in [-0.2, -0.15) is 0 Å². The molecule has 0 spiro atoms. The van der Waals surface area contributed by atoms with E-state index in [2.05, 4.69) is 0 Å². The van der Waals surface area contributed by atoms with Crippen LogP contribution in [0.5, 0.6) is 0 Å². The third-order valence-corrected chi connectivity index (χ3v) is 3.47. The maximum absolute atomic E-state index is 13.5. The second-order valence-electron chi connectivity index (χ2n) is 4.78. The third kappa shape index (κ3) is 2.65. The molecule has 4 nitrogen and oxygen atoms in total. The zero-order valence-corrected chi connectivity index (χ0v) is 10.8. The summed E-state index contributed by atoms with van der Waals surface area (Å²) < 4.78 is 36.1. The maximum atomic E-state index is 13.5. The highest BCUT2D eigenvalue weighted by molar-refractivity contribution is 5.16. The quantitative estimate of drug-likeness (QED) is 0.838. The van der Waals surface area contributed by atoms with Gasteiger partial charge in [0, 0.05) is 5.56 Å². The van der Waals surface area contributed by atoms with Crippen molar-refractivity contribution in [1.29, 1.82) is 0 Å². The van der Waals surface area contributed by atoms with Gasteiger partial charge in [0.2, 0.25) is 0 Å². The summed E-state index contributed by atoms with van der Waals surface area (Å²) in [5.41, 5.74) is 0.537. The van der Waals surface area contributed by atoms with Crippen molar-refractivity contribution in [2.24, 2.45) is 0 Å². The van der Waals surface area contributed by atoms with E-state index in [9.17, 15) is 4.39 Å². The number of fused-ring (bicyclic) bond motifs is 1. The Bertz CT molecular complexity index is 439. The maximum Gasteiger partial charge on any atom is 0.186 e. The SMILES string of the molecule is C[C@H]1O[C@@H]2OCCO[C@@H]2[C@H]1OCc1ccccc1F. The fourth-order valence-electron chi connectivity index (χ4n) is 2.48. The van der Waals surface area contributed by atoms with E-state index in [4.69, 9.17) is 18.9 Å². The van der Waals surface area contributed by atoms with Crippen molar-refractivity contribution in [3.8, 4) is 0 Å². The molecule has 0 unspecified atom stereocenters. The van der Waals surface area contributed by atoms with E-state index in [0.717, 1.165) is 0 Å². The number of rotatable bonds is 3. The molecule has 2 fully saturated rings. The van der Waals surface area contributed by atoms with Gasteiger partial charge in [-0.25, -0.2) is 4.39 Å². The van der Waals surface area contributed by atoms with Gasteiger partial charge in [-0.3, -0.25) is 0 Å². The Kier molecular flexibility index (Phi) is 3.79. The topological polar surface area (TPSA) is 36.9 Å². The Morgan fingerprint density at radius 1 is 1.26 bits per heavy atom. The standard InChI is InChI=1S/C14H17FO4/c1-9-12(13-14(19-9)17-7-6-16-13)18-8-10-4-2-3-5-11(10)15/h2-5,9,12-14H,6-8H2,1H3/t9-,12+,13-,14+/m1/s1. The van der Waals surface area contributed by atoms with E-state index in [1.54, 1.807) is 18.2 Å². The minimum Gasteiger partial charge on any atom is -0.368 e. The average Bonchev–Trinajstić information content (AvgIpc) is 2.74. The van der Waals surface area contributed by atoms with Gasteiger partial charge >= 0.3 is 0 Å². The second-order valence-corrected chi connectivity index (χ2v) is 4.78. The molecule has 4 atom stereocenters. The molecule has 0 N–H and O–H groups in total. The Hall–Kier alpha value is -1.01. The summed E-state index contributed by atoms with van der Waals surface area (Å²) in [4.78, 5) is 0. The van der Waals surface area contributed by atoms with E-state index < -0.39 is 0 Å². The highest BCUT2D eigenvalue weighted by Crippen LogP contribution is 2.30. The van der Waals surface area contributed by atoms with Crippen LogP contribution in [0.4, 0.5) is 4.39 Å². The van der Waals surface area contributed by atoms with E-state index in [1.807, 2.05) is 6.92 Å². The molecule has 0 aromatic heterocycles. The van der Waals surface area contributed by atoms with E-state index in [-0.39, 0.29) is 37.0 Å². The number of benzene rings is 1. The van der Waals surface area contributed by atoms with Crippen LogP contribution in [0.1, 0.15) is 12.5 Å². The first kappa shape index (κ1) is 13.0. The largest absolute Gasteiger partial charge is 0.368 e. The van der Waals surface area contributed by atoms with Gasteiger partial charge in [-0.05, 0) is 13.0 Å². The molecule has 3 rings (SSSR count). The Labute approximate surface area is 111 Å². The van der Waals surface area contributed by atoms with Crippen LogP contribution in [0, 0.1) is 5.82 Å². The smallest absolute Gasteiger partial charge is 0.186 e. The minimum atomic E-state index is -0.366. The molecule has 2 saturated heterocycles. The molecule has 19 heavy (non-hydrogen) atoms. The summed E-state index contributed by atoms with van der Waals surface area (Å²) in [6.45, 7) is 3.19. The molecule has 5 heteroatoms. The van der Waals surface area contributed by atoms with Gasteiger partial charge in [-0.1, -0.05) is 18.2 Å². The van der Waals surface area contributed by atoms with Gasteiger partial charge in [0.1, 0.15) is 18.0 Å². The summed E-state index contributed by atoms with van der Waals surface area (Å²) >= 11 is 0. The number of hydrogen-bond acceptors (Lipinski definition) is 4. The predicted octanol–water partition coefficient (Wildman–Crippen LogP) is 1.87. The summed E-state index contributed by atoms with van der Waals surface area (Å²) in [5, 5.41) is 0. The van der Waals surface area contributed by atoms with Crippen molar-refractivity contribution in [2.45, 2.75) is 38.1 Å². The van der Waals surface area contributed by atoms with Crippen LogP contribution >= 0.6 is 0 Å². The second kappa shape index (κ2) is 5.54. The number of ether oxygens (including phenoxy) is 4. The van der Waals surface area contributed by atoms with Gasteiger partial charge in [0.25, 0.3) is 0 Å². The third-order valence-electron chi connectivity index (χ3n) is 3.47. The lowest BCUT2D eigenvalue weighted by Gasteiger charge is -2.27. The van der Waals surface area contributed by atoms with Crippen molar-refractivity contribution in [1.82, 2.24) is 0 Å². The molecule has 1 aromatic carbocycles. The summed E-state index contributed by atoms with van der Waals surface area (Å²) in [6, 6.07) is 6.59. The predicted molar refractivity (Wildman–Crippen MR) is 65.0 cm³/mol. The molecule has 0 amide bonds. The highest BCUT2D eigenvalue weighted by atomic mass is 19.1. The van der Waals surface area contributed by atoms with Crippen LogP contribution in [-0.2, 0) is 25.6 Å². The van der Waals surface area contributed by atoms with Crippen molar-refractivity contribution in [3.63, 3.8) is 0 Å². The van der Waals surface area contributed by atoms with Crippen LogP contribution in [-0.4, -0.2) is 37.8 Å². The monoisotopic (exact) mass is 268 g/mol. The normalized spacial score (nSPS) is 34.2. The van der Waals surface area contributed by atoms with Crippen LogP contribution in [0.15, 0.2) is 24.3 Å². The average molecular weight is 268 g/mol. The van der Waals surface area contributed by atoms with Crippen LogP contribution < -0.4 is 0 Å². The van der Waals surface area contributed by atoms with Crippen LogP contribution in [0.25, 0.3) is 0 Å². The fraction of sp³-hybridized carbons (Fsp3) is 0.571. The van der Waals surface area contributed by atoms with Gasteiger partial charge in [0.05, 0.1) is 25.9 Å². The first-order valence-electron chi connectivity index (χ1n) is 6.49. The highest BCUT2D eigenvalue weighted by Gasteiger charge is 2.46. The Morgan fingerprint density at radius 2 is 2.05 bits per heavy atom. The van der Waals surface area contributed by atoms with E-state index in [1.165, 1.54) is 6.07 Å². The van der Waals surface area contributed by atoms with Crippen molar-refractivity contribution in [2.75, 3.05) is 13.2 Å². The summed E-state index contributed by atoms with van der Waals surface area (Å²) in [6.07, 6.45) is -0.949. The lowest BCUT2D eigenvalue weighted by molar-refractivity contribution is -0.221. The van der Waals surface area contributed by atoms with Gasteiger partial charge in [0.15, 0.2) is 6.29 Å². The lowest BCUT2D eigenvalue weighted by atomic mass is 10.1. The molecular weight excluding hydrogens is 251 g/mol. The zero-order valence-electron chi connectivity index (χ0n) is 10.8. The van der Waals surface area contributed by atoms with Crippen LogP contribution in [0.3, 0.4) is 0 Å². The zero-order chi connectivity index (χ0) is 13.2. The summed E-state index contributed by atoms with van der Waals surface area (Å²) in [5.74, 6) is -0.258. The Balaban J connectivity index is 1.64. The van der Waals surface area contributed by atoms with E-state index >= 15 is 0 Å². The van der Waals surface area contributed by atoms with Crippen LogP contribution in [0.2, 0.25) is 0 Å². The molecule has 1 aromatic rings. The van der Waals surface area contributed by atoms with Crippen molar-refractivity contribution in [3.05, 3.63) is 35.6 Å². The molecule has 2 aliphatic rings. The van der Waals surface area contributed by atoms with Gasteiger partial charge < -0.3 is 18.9 Å². The lowest BCUT2D eigenvalue weighted by Crippen LogP contribution is -2.42. The molecule has 2 aliphatic heterocycles. The minimum absolute atomic E-state index is 0.125. The van der Waals surface area contributed by atoms with Crippen molar-refractivity contribution < 1.29 is 23.3 Å². The molecule has 2 heterocycles. The molecule has 104 valence electrons. The number of halogens is 1. The molecule has 0 radical (unpaired) electrons. The fourth-order valence-corrected chi connectivity index (χ4v) is 2.48. The van der Waals surface area contributed by atoms with E-state index in [0.29, 0.717) is 18.8 Å². The molecule has 0 bridgehead atoms. The first-order chi connectivity index (χ1) is 9.25. The molecule has 0 aliphatic carbocycles.